The van der Waals surface area contributed by atoms with Crippen molar-refractivity contribution in [2.24, 2.45) is 10.7 Å². The SMILES string of the molecule is CCCCNC(N)=NCc1cccc(C#N)c1.I. The number of nitrogens with one attached hydrogen (secondary N) is 1. The second-order valence-electron chi connectivity index (χ2n) is 3.79. The fourth-order valence-corrected chi connectivity index (χ4v) is 1.36. The van der Waals surface area contributed by atoms with Crippen LogP contribution in [0.1, 0.15) is 30.9 Å². The van der Waals surface area contributed by atoms with E-state index in [1.165, 1.54) is 0 Å². The highest BCUT2D eigenvalue weighted by Gasteiger charge is 1.95. The summed E-state index contributed by atoms with van der Waals surface area (Å²) in [5.41, 5.74) is 7.35. The van der Waals surface area contributed by atoms with E-state index in [1.54, 1.807) is 6.07 Å². The number of unbranched alkanes of at least 4 members (excludes halogenated alkanes) is 1. The van der Waals surface area contributed by atoms with Crippen LogP contribution in [0.3, 0.4) is 0 Å². The molecule has 4 nitrogen and oxygen atoms in total. The van der Waals surface area contributed by atoms with Gasteiger partial charge < -0.3 is 11.1 Å². The number of aliphatic imine (C=N–C) groups is 1. The van der Waals surface area contributed by atoms with Gasteiger partial charge in [0.15, 0.2) is 5.96 Å². The van der Waals surface area contributed by atoms with Crippen molar-refractivity contribution in [3.05, 3.63) is 35.4 Å². The quantitative estimate of drug-likeness (QED) is 0.367. The average Bonchev–Trinajstić information content (AvgIpc) is 2.37. The van der Waals surface area contributed by atoms with E-state index >= 15 is 0 Å². The van der Waals surface area contributed by atoms with E-state index < -0.39 is 0 Å². The molecule has 0 spiro atoms. The molecule has 0 bridgehead atoms. The zero-order valence-corrected chi connectivity index (χ0v) is 12.8. The number of nitrogens with zero attached hydrogens (tertiary/aromatic N) is 2. The zero-order valence-electron chi connectivity index (χ0n) is 10.5. The highest BCUT2D eigenvalue weighted by Crippen LogP contribution is 2.05. The summed E-state index contributed by atoms with van der Waals surface area (Å²) in [6.07, 6.45) is 2.21. The smallest absolute Gasteiger partial charge is 0.188 e. The molecular formula is C13H19IN4. The van der Waals surface area contributed by atoms with Crippen LogP contribution in [-0.2, 0) is 6.54 Å². The molecule has 1 aromatic carbocycles. The maximum absolute atomic E-state index is 8.76. The lowest BCUT2D eigenvalue weighted by Crippen LogP contribution is -2.32. The summed E-state index contributed by atoms with van der Waals surface area (Å²) in [5, 5.41) is 11.8. The molecule has 0 aromatic heterocycles. The van der Waals surface area contributed by atoms with Gasteiger partial charge in [-0.1, -0.05) is 25.5 Å². The molecule has 0 amide bonds. The monoisotopic (exact) mass is 358 g/mol. The molecule has 0 saturated heterocycles. The van der Waals surface area contributed by atoms with E-state index in [4.69, 9.17) is 11.0 Å². The lowest BCUT2D eigenvalue weighted by molar-refractivity contribution is 0.748. The largest absolute Gasteiger partial charge is 0.370 e. The molecule has 0 aliphatic carbocycles. The summed E-state index contributed by atoms with van der Waals surface area (Å²) in [7, 11) is 0. The Morgan fingerprint density at radius 1 is 1.50 bits per heavy atom. The number of hydrogen-bond donors (Lipinski definition) is 2. The number of hydrogen-bond acceptors (Lipinski definition) is 2. The lowest BCUT2D eigenvalue weighted by atomic mass is 10.1. The second kappa shape index (κ2) is 9.71. The van der Waals surface area contributed by atoms with Crippen LogP contribution >= 0.6 is 24.0 Å². The van der Waals surface area contributed by atoms with Crippen LogP contribution < -0.4 is 11.1 Å². The maximum atomic E-state index is 8.76. The van der Waals surface area contributed by atoms with E-state index in [9.17, 15) is 0 Å². The number of nitrogens with two attached hydrogens (primary N) is 1. The fourth-order valence-electron chi connectivity index (χ4n) is 1.36. The second-order valence-corrected chi connectivity index (χ2v) is 3.79. The number of guanidine groups is 1. The third-order valence-electron chi connectivity index (χ3n) is 2.32. The van der Waals surface area contributed by atoms with Gasteiger partial charge in [-0.05, 0) is 24.1 Å². The summed E-state index contributed by atoms with van der Waals surface area (Å²) in [5.74, 6) is 0.459. The van der Waals surface area contributed by atoms with Crippen LogP contribution in [0.4, 0.5) is 0 Å². The molecule has 1 aromatic rings. The molecule has 0 radical (unpaired) electrons. The zero-order chi connectivity index (χ0) is 12.5. The minimum atomic E-state index is 0. The van der Waals surface area contributed by atoms with Gasteiger partial charge in [-0.3, -0.25) is 0 Å². The van der Waals surface area contributed by atoms with Crippen molar-refractivity contribution in [2.45, 2.75) is 26.3 Å². The Morgan fingerprint density at radius 3 is 2.94 bits per heavy atom. The standard InChI is InChI=1S/C13H18N4.HI/c1-2-3-7-16-13(15)17-10-12-6-4-5-11(8-12)9-14;/h4-6,8H,2-3,7,10H2,1H3,(H3,15,16,17);1H. The first-order valence-electron chi connectivity index (χ1n) is 5.79. The summed E-state index contributed by atoms with van der Waals surface area (Å²) in [4.78, 5) is 4.22. The van der Waals surface area contributed by atoms with Crippen molar-refractivity contribution in [2.75, 3.05) is 6.54 Å². The van der Waals surface area contributed by atoms with E-state index in [1.807, 2.05) is 18.2 Å². The molecule has 0 saturated carbocycles. The fraction of sp³-hybridized carbons (Fsp3) is 0.385. The van der Waals surface area contributed by atoms with Crippen LogP contribution in [0, 0.1) is 11.3 Å². The van der Waals surface area contributed by atoms with Gasteiger partial charge in [0.05, 0.1) is 18.2 Å². The van der Waals surface area contributed by atoms with Crippen molar-refractivity contribution >= 4 is 29.9 Å². The molecule has 0 aliphatic rings. The van der Waals surface area contributed by atoms with Crippen molar-refractivity contribution < 1.29 is 0 Å². The minimum absolute atomic E-state index is 0. The van der Waals surface area contributed by atoms with Gasteiger partial charge in [-0.25, -0.2) is 4.99 Å². The Labute approximate surface area is 125 Å². The molecule has 3 N–H and O–H groups in total. The summed E-state index contributed by atoms with van der Waals surface area (Å²) >= 11 is 0. The van der Waals surface area contributed by atoms with Crippen molar-refractivity contribution in [3.63, 3.8) is 0 Å². The first kappa shape index (κ1) is 16.7. The van der Waals surface area contributed by atoms with Crippen LogP contribution in [0.15, 0.2) is 29.3 Å². The van der Waals surface area contributed by atoms with Crippen LogP contribution in [0.5, 0.6) is 0 Å². The first-order chi connectivity index (χ1) is 8.26. The normalized spacial score (nSPS) is 10.3. The highest BCUT2D eigenvalue weighted by molar-refractivity contribution is 14.0. The Hall–Kier alpha value is -1.29. The maximum Gasteiger partial charge on any atom is 0.188 e. The summed E-state index contributed by atoms with van der Waals surface area (Å²) < 4.78 is 0. The molecule has 0 unspecified atom stereocenters. The van der Waals surface area contributed by atoms with E-state index in [-0.39, 0.29) is 24.0 Å². The van der Waals surface area contributed by atoms with Gasteiger partial charge in [-0.15, -0.1) is 24.0 Å². The third kappa shape index (κ3) is 6.45. The molecule has 0 heterocycles. The molecule has 18 heavy (non-hydrogen) atoms. The van der Waals surface area contributed by atoms with E-state index in [0.717, 1.165) is 24.9 Å². The van der Waals surface area contributed by atoms with Crippen LogP contribution in [0.2, 0.25) is 0 Å². The van der Waals surface area contributed by atoms with Crippen molar-refractivity contribution in [1.29, 1.82) is 5.26 Å². The van der Waals surface area contributed by atoms with Gasteiger partial charge in [0.2, 0.25) is 0 Å². The first-order valence-corrected chi connectivity index (χ1v) is 5.79. The predicted octanol–water partition coefficient (Wildman–Crippen LogP) is 2.38. The number of rotatable bonds is 5. The van der Waals surface area contributed by atoms with Crippen molar-refractivity contribution in [3.8, 4) is 6.07 Å². The Morgan fingerprint density at radius 2 is 2.28 bits per heavy atom. The van der Waals surface area contributed by atoms with Gasteiger partial charge >= 0.3 is 0 Å². The summed E-state index contributed by atoms with van der Waals surface area (Å²) in [6.45, 7) is 3.48. The van der Waals surface area contributed by atoms with Crippen LogP contribution in [0.25, 0.3) is 0 Å². The van der Waals surface area contributed by atoms with Gasteiger partial charge in [0, 0.05) is 6.54 Å². The van der Waals surface area contributed by atoms with Crippen molar-refractivity contribution in [1.82, 2.24) is 5.32 Å². The summed E-state index contributed by atoms with van der Waals surface area (Å²) in [6, 6.07) is 9.48. The number of benzene rings is 1. The topological polar surface area (TPSA) is 74.2 Å². The molecule has 0 fully saturated rings. The molecular weight excluding hydrogens is 339 g/mol. The van der Waals surface area contributed by atoms with Gasteiger partial charge in [0.25, 0.3) is 0 Å². The Bertz CT molecular complexity index is 423. The van der Waals surface area contributed by atoms with E-state index in [0.29, 0.717) is 18.1 Å². The lowest BCUT2D eigenvalue weighted by Gasteiger charge is -2.04. The van der Waals surface area contributed by atoms with E-state index in [2.05, 4.69) is 23.3 Å². The predicted molar refractivity (Wildman–Crippen MR) is 84.8 cm³/mol. The number of halogens is 1. The third-order valence-corrected chi connectivity index (χ3v) is 2.32. The highest BCUT2D eigenvalue weighted by atomic mass is 127. The van der Waals surface area contributed by atoms with Gasteiger partial charge in [0.1, 0.15) is 0 Å². The number of nitriles is 1. The minimum Gasteiger partial charge on any atom is -0.370 e. The molecule has 0 aliphatic heterocycles. The molecule has 0 atom stereocenters. The van der Waals surface area contributed by atoms with Crippen LogP contribution in [-0.4, -0.2) is 12.5 Å². The molecule has 1 rings (SSSR count). The molecule has 98 valence electrons. The van der Waals surface area contributed by atoms with Gasteiger partial charge in [-0.2, -0.15) is 5.26 Å². The Balaban J connectivity index is 0.00000289. The molecule has 5 heteroatoms. The average molecular weight is 358 g/mol. The Kier molecular flexibility index (Phi) is 9.01.